The first-order chi connectivity index (χ1) is 15.5. The van der Waals surface area contributed by atoms with Crippen LogP contribution in [-0.4, -0.2) is 67.6 Å². The summed E-state index contributed by atoms with van der Waals surface area (Å²) >= 11 is 0. The van der Waals surface area contributed by atoms with E-state index < -0.39 is 0 Å². The highest BCUT2D eigenvalue weighted by Crippen LogP contribution is 2.34. The van der Waals surface area contributed by atoms with Crippen LogP contribution in [0.15, 0.2) is 42.5 Å². The predicted octanol–water partition coefficient (Wildman–Crippen LogP) is 3.75. The van der Waals surface area contributed by atoms with Gasteiger partial charge in [-0.15, -0.1) is 0 Å². The summed E-state index contributed by atoms with van der Waals surface area (Å²) in [5.41, 5.74) is 4.80. The van der Waals surface area contributed by atoms with Crippen molar-refractivity contribution in [1.29, 1.82) is 0 Å². The molecule has 5 rings (SSSR count). The molecule has 0 bridgehead atoms. The molecule has 168 valence electrons. The lowest BCUT2D eigenvalue weighted by atomic mass is 10.0. The molecule has 2 saturated heterocycles. The topological polar surface area (TPSA) is 47.1 Å². The Hall–Kier alpha value is -3.02. The largest absolute Gasteiger partial charge is 0.368 e. The minimum atomic E-state index is 0.0568. The third-order valence-electron chi connectivity index (χ3n) is 7.31. The maximum absolute atomic E-state index is 13.3. The monoisotopic (exact) mass is 432 g/mol. The molecule has 0 saturated carbocycles. The van der Waals surface area contributed by atoms with Gasteiger partial charge in [0.1, 0.15) is 6.17 Å². The van der Waals surface area contributed by atoms with E-state index in [2.05, 4.69) is 48.0 Å². The molecular formula is C26H32N4O2. The Morgan fingerprint density at radius 3 is 2.47 bits per heavy atom. The number of aryl methyl sites for hydroxylation is 1. The van der Waals surface area contributed by atoms with Gasteiger partial charge in [0.05, 0.1) is 11.3 Å². The van der Waals surface area contributed by atoms with E-state index in [0.717, 1.165) is 44.6 Å². The molecule has 2 aromatic rings. The number of piperazine rings is 1. The lowest BCUT2D eigenvalue weighted by Crippen LogP contribution is -2.53. The number of para-hydroxylation sites is 1. The Labute approximate surface area is 190 Å². The molecule has 0 N–H and O–H groups in total. The number of hydrogen-bond acceptors (Lipinski definition) is 4. The minimum Gasteiger partial charge on any atom is -0.368 e. The number of anilines is 2. The Kier molecular flexibility index (Phi) is 5.53. The van der Waals surface area contributed by atoms with Crippen molar-refractivity contribution in [3.63, 3.8) is 0 Å². The number of nitrogens with zero attached hydrogens (tertiary/aromatic N) is 4. The summed E-state index contributed by atoms with van der Waals surface area (Å²) in [6, 6.07) is 14.0. The number of carbonyl (C=O) groups excluding carboxylic acids is 2. The number of rotatable bonds is 2. The summed E-state index contributed by atoms with van der Waals surface area (Å²) in [7, 11) is 2.06. The SMILES string of the molecule is Cc1ccccc1N1CCN(C(=O)c2ccc3c(c2)N(C)[C@H]2CCCCCN2C3=O)CC1. The molecule has 0 unspecified atom stereocenters. The molecule has 1 atom stereocenters. The molecule has 0 aliphatic carbocycles. The van der Waals surface area contributed by atoms with Crippen molar-refractivity contribution in [2.75, 3.05) is 49.6 Å². The Balaban J connectivity index is 1.33. The van der Waals surface area contributed by atoms with Crippen molar-refractivity contribution in [3.8, 4) is 0 Å². The van der Waals surface area contributed by atoms with Gasteiger partial charge in [-0.05, 0) is 56.0 Å². The Morgan fingerprint density at radius 1 is 0.906 bits per heavy atom. The van der Waals surface area contributed by atoms with Crippen molar-refractivity contribution in [2.24, 2.45) is 0 Å². The van der Waals surface area contributed by atoms with Crippen LogP contribution in [0.1, 0.15) is 52.0 Å². The summed E-state index contributed by atoms with van der Waals surface area (Å²) in [5, 5.41) is 0. The van der Waals surface area contributed by atoms with E-state index in [0.29, 0.717) is 24.2 Å². The molecule has 0 spiro atoms. The average molecular weight is 433 g/mol. The first-order valence-electron chi connectivity index (χ1n) is 11.8. The van der Waals surface area contributed by atoms with Crippen molar-refractivity contribution < 1.29 is 9.59 Å². The number of amides is 2. The molecule has 0 radical (unpaired) electrons. The first-order valence-corrected chi connectivity index (χ1v) is 11.8. The lowest BCUT2D eigenvalue weighted by molar-refractivity contribution is 0.0659. The van der Waals surface area contributed by atoms with Crippen LogP contribution in [0.4, 0.5) is 11.4 Å². The standard InChI is InChI=1S/C26H32N4O2/c1-19-8-5-6-9-22(19)28-14-16-29(17-15-28)25(31)20-11-12-21-23(18-20)27(2)24-10-4-3-7-13-30(24)26(21)32/h5-6,8-9,11-12,18,24H,3-4,7,10,13-17H2,1-2H3/t24-/m1/s1. The van der Waals surface area contributed by atoms with Crippen molar-refractivity contribution >= 4 is 23.2 Å². The molecule has 3 aliphatic heterocycles. The van der Waals surface area contributed by atoms with Gasteiger partial charge >= 0.3 is 0 Å². The zero-order valence-corrected chi connectivity index (χ0v) is 19.1. The maximum atomic E-state index is 13.3. The second-order valence-electron chi connectivity index (χ2n) is 9.24. The summed E-state index contributed by atoms with van der Waals surface area (Å²) in [6.07, 6.45) is 4.46. The van der Waals surface area contributed by atoms with E-state index in [1.807, 2.05) is 28.0 Å². The number of benzene rings is 2. The number of carbonyl (C=O) groups is 2. The van der Waals surface area contributed by atoms with Crippen LogP contribution >= 0.6 is 0 Å². The van der Waals surface area contributed by atoms with Crippen molar-refractivity contribution in [3.05, 3.63) is 59.2 Å². The van der Waals surface area contributed by atoms with Crippen LogP contribution in [0.2, 0.25) is 0 Å². The molecule has 0 aromatic heterocycles. The third-order valence-corrected chi connectivity index (χ3v) is 7.31. The van der Waals surface area contributed by atoms with E-state index >= 15 is 0 Å². The van der Waals surface area contributed by atoms with Gasteiger partial charge in [-0.1, -0.05) is 24.6 Å². The molecule has 6 nitrogen and oxygen atoms in total. The van der Waals surface area contributed by atoms with Gasteiger partial charge in [-0.2, -0.15) is 0 Å². The Morgan fingerprint density at radius 2 is 1.69 bits per heavy atom. The van der Waals surface area contributed by atoms with E-state index in [1.54, 1.807) is 0 Å². The lowest BCUT2D eigenvalue weighted by Gasteiger charge is -2.43. The Bertz CT molecular complexity index is 1030. The van der Waals surface area contributed by atoms with Crippen molar-refractivity contribution in [1.82, 2.24) is 9.80 Å². The molecular weight excluding hydrogens is 400 g/mol. The summed E-state index contributed by atoms with van der Waals surface area (Å²) in [4.78, 5) is 35.0. The van der Waals surface area contributed by atoms with Crippen LogP contribution in [0.5, 0.6) is 0 Å². The highest BCUT2D eigenvalue weighted by molar-refractivity contribution is 6.04. The molecule has 2 amide bonds. The first kappa shape index (κ1) is 20.9. The van der Waals surface area contributed by atoms with Gasteiger partial charge in [0.25, 0.3) is 11.8 Å². The highest BCUT2D eigenvalue weighted by Gasteiger charge is 2.37. The average Bonchev–Trinajstić information content (AvgIpc) is 3.09. The molecule has 2 fully saturated rings. The van der Waals surface area contributed by atoms with E-state index in [4.69, 9.17) is 0 Å². The van der Waals surface area contributed by atoms with Crippen molar-refractivity contribution in [2.45, 2.75) is 38.8 Å². The number of fused-ring (bicyclic) bond motifs is 2. The second kappa shape index (κ2) is 8.49. The molecule has 6 heteroatoms. The van der Waals surface area contributed by atoms with E-state index in [-0.39, 0.29) is 18.0 Å². The van der Waals surface area contributed by atoms with Crippen LogP contribution in [0.25, 0.3) is 0 Å². The molecule has 3 heterocycles. The zero-order chi connectivity index (χ0) is 22.2. The van der Waals surface area contributed by atoms with Crippen LogP contribution in [0, 0.1) is 6.92 Å². The maximum Gasteiger partial charge on any atom is 0.257 e. The molecule has 32 heavy (non-hydrogen) atoms. The van der Waals surface area contributed by atoms with Gasteiger partial charge in [0.15, 0.2) is 0 Å². The van der Waals surface area contributed by atoms with Gasteiger partial charge in [-0.25, -0.2) is 0 Å². The molecule has 3 aliphatic rings. The van der Waals surface area contributed by atoms with Gasteiger partial charge in [-0.3, -0.25) is 9.59 Å². The predicted molar refractivity (Wildman–Crippen MR) is 127 cm³/mol. The van der Waals surface area contributed by atoms with Gasteiger partial charge < -0.3 is 19.6 Å². The van der Waals surface area contributed by atoms with Crippen LogP contribution < -0.4 is 9.80 Å². The highest BCUT2D eigenvalue weighted by atomic mass is 16.2. The van der Waals surface area contributed by atoms with Crippen LogP contribution in [-0.2, 0) is 0 Å². The van der Waals surface area contributed by atoms with E-state index in [1.165, 1.54) is 17.7 Å². The van der Waals surface area contributed by atoms with Gasteiger partial charge in [0, 0.05) is 51.0 Å². The van der Waals surface area contributed by atoms with Crippen LogP contribution in [0.3, 0.4) is 0 Å². The number of hydrogen-bond donors (Lipinski definition) is 0. The van der Waals surface area contributed by atoms with Gasteiger partial charge in [0.2, 0.25) is 0 Å². The zero-order valence-electron chi connectivity index (χ0n) is 19.1. The quantitative estimate of drug-likeness (QED) is 0.725. The fourth-order valence-corrected chi connectivity index (χ4v) is 5.43. The van der Waals surface area contributed by atoms with E-state index in [9.17, 15) is 9.59 Å². The summed E-state index contributed by atoms with van der Waals surface area (Å²) < 4.78 is 0. The summed E-state index contributed by atoms with van der Waals surface area (Å²) in [6.45, 7) is 6.02. The fraction of sp³-hybridized carbons (Fsp3) is 0.462. The fourth-order valence-electron chi connectivity index (χ4n) is 5.43. The minimum absolute atomic E-state index is 0.0568. The summed E-state index contributed by atoms with van der Waals surface area (Å²) in [5.74, 6) is 0.164. The molecule has 2 aromatic carbocycles. The normalized spacial score (nSPS) is 21.2. The second-order valence-corrected chi connectivity index (χ2v) is 9.24. The smallest absolute Gasteiger partial charge is 0.257 e. The third kappa shape index (κ3) is 3.61.